The molecule has 0 aromatic heterocycles. The van der Waals surface area contributed by atoms with Crippen LogP contribution in [0.25, 0.3) is 0 Å². The van der Waals surface area contributed by atoms with Gasteiger partial charge in [0, 0.05) is 11.4 Å². The first-order valence-electron chi connectivity index (χ1n) is 8.06. The Morgan fingerprint density at radius 2 is 1.88 bits per heavy atom. The van der Waals surface area contributed by atoms with Crippen LogP contribution in [0.2, 0.25) is 0 Å². The number of ether oxygens (including phenoxy) is 2. The molecule has 0 bridgehead atoms. The summed E-state index contributed by atoms with van der Waals surface area (Å²) >= 11 is 1.26. The molecule has 26 heavy (non-hydrogen) atoms. The minimum atomic E-state index is -1.23. The van der Waals surface area contributed by atoms with E-state index in [9.17, 15) is 9.59 Å². The summed E-state index contributed by atoms with van der Waals surface area (Å²) in [5.41, 5.74) is 1.58. The van der Waals surface area contributed by atoms with Crippen LogP contribution in [0.15, 0.2) is 47.4 Å². The van der Waals surface area contributed by atoms with Crippen molar-refractivity contribution in [1.29, 1.82) is 0 Å². The van der Waals surface area contributed by atoms with E-state index in [-0.39, 0.29) is 18.4 Å². The highest BCUT2D eigenvalue weighted by molar-refractivity contribution is 8.02. The van der Waals surface area contributed by atoms with Gasteiger partial charge < -0.3 is 20.1 Å². The molecule has 2 aromatic carbocycles. The van der Waals surface area contributed by atoms with E-state index in [4.69, 9.17) is 9.47 Å². The number of rotatable bonds is 5. The first-order valence-corrected chi connectivity index (χ1v) is 8.88. The number of fused-ring (bicyclic) bond motifs is 1. The zero-order valence-corrected chi connectivity index (χ0v) is 15.6. The van der Waals surface area contributed by atoms with E-state index < -0.39 is 4.75 Å². The van der Waals surface area contributed by atoms with Gasteiger partial charge in [0.25, 0.3) is 0 Å². The fourth-order valence-electron chi connectivity index (χ4n) is 2.66. The lowest BCUT2D eigenvalue weighted by Crippen LogP contribution is -2.51. The van der Waals surface area contributed by atoms with Gasteiger partial charge in [-0.15, -0.1) is 0 Å². The van der Waals surface area contributed by atoms with Crippen LogP contribution < -0.4 is 20.1 Å². The molecule has 6 nitrogen and oxygen atoms in total. The Bertz CT molecular complexity index is 855. The first-order chi connectivity index (χ1) is 12.5. The molecule has 3 rings (SSSR count). The average molecular weight is 372 g/mol. The topological polar surface area (TPSA) is 76.7 Å². The molecule has 2 amide bonds. The van der Waals surface area contributed by atoms with Gasteiger partial charge in [-0.1, -0.05) is 30.0 Å². The van der Waals surface area contributed by atoms with E-state index in [0.717, 1.165) is 16.1 Å². The molecule has 1 heterocycles. The summed E-state index contributed by atoms with van der Waals surface area (Å²) in [6, 6.07) is 12.9. The third-order valence-corrected chi connectivity index (χ3v) is 5.57. The lowest BCUT2D eigenvalue weighted by atomic mass is 10.1. The summed E-state index contributed by atoms with van der Waals surface area (Å²) < 4.78 is 9.25. The molecule has 0 radical (unpaired) electrons. The first kappa shape index (κ1) is 18.1. The molecule has 0 saturated carbocycles. The van der Waals surface area contributed by atoms with E-state index >= 15 is 0 Å². The summed E-state index contributed by atoms with van der Waals surface area (Å²) in [5, 5.41) is 5.65. The fourth-order valence-corrected chi connectivity index (χ4v) is 3.78. The van der Waals surface area contributed by atoms with E-state index in [0.29, 0.717) is 11.5 Å². The Kier molecular flexibility index (Phi) is 5.08. The molecule has 136 valence electrons. The van der Waals surface area contributed by atoms with E-state index in [1.807, 2.05) is 30.3 Å². The van der Waals surface area contributed by atoms with Crippen molar-refractivity contribution in [1.82, 2.24) is 5.32 Å². The molecule has 0 spiro atoms. The lowest BCUT2D eigenvalue weighted by molar-refractivity contribution is -0.130. The second-order valence-electron chi connectivity index (χ2n) is 5.96. The maximum Gasteiger partial charge on any atom is 0.250 e. The summed E-state index contributed by atoms with van der Waals surface area (Å²) in [6.07, 6.45) is 0. The largest absolute Gasteiger partial charge is 0.493 e. The van der Waals surface area contributed by atoms with Gasteiger partial charge in [0.05, 0.1) is 19.9 Å². The van der Waals surface area contributed by atoms with Crippen LogP contribution in [0.3, 0.4) is 0 Å². The zero-order chi connectivity index (χ0) is 18.7. The monoisotopic (exact) mass is 372 g/mol. The number of amides is 2. The third-order valence-electron chi connectivity index (χ3n) is 4.22. The molecule has 0 fully saturated rings. The fraction of sp³-hybridized carbons (Fsp3) is 0.263. The van der Waals surface area contributed by atoms with Crippen molar-refractivity contribution in [2.45, 2.75) is 23.1 Å². The highest BCUT2D eigenvalue weighted by atomic mass is 32.2. The highest BCUT2D eigenvalue weighted by Gasteiger charge is 2.45. The minimum Gasteiger partial charge on any atom is -0.493 e. The Morgan fingerprint density at radius 1 is 1.15 bits per heavy atom. The molecule has 0 aliphatic carbocycles. The number of carbonyl (C=O) groups is 2. The lowest BCUT2D eigenvalue weighted by Gasteiger charge is -2.31. The van der Waals surface area contributed by atoms with Crippen LogP contribution in [-0.4, -0.2) is 30.8 Å². The predicted octanol–water partition coefficient (Wildman–Crippen LogP) is 2.82. The van der Waals surface area contributed by atoms with E-state index in [1.54, 1.807) is 33.3 Å². The highest BCUT2D eigenvalue weighted by Crippen LogP contribution is 2.42. The number of nitrogens with one attached hydrogen (secondary N) is 2. The molecule has 1 aliphatic rings. The Balaban J connectivity index is 1.73. The number of carbonyl (C=O) groups excluding carboxylic acids is 2. The van der Waals surface area contributed by atoms with Crippen molar-refractivity contribution in [3.8, 4) is 11.5 Å². The van der Waals surface area contributed by atoms with Crippen LogP contribution in [-0.2, 0) is 16.1 Å². The van der Waals surface area contributed by atoms with Crippen molar-refractivity contribution in [3.05, 3.63) is 48.0 Å². The second kappa shape index (κ2) is 7.29. The smallest absolute Gasteiger partial charge is 0.250 e. The molecule has 0 saturated heterocycles. The maximum absolute atomic E-state index is 12.7. The van der Waals surface area contributed by atoms with Crippen molar-refractivity contribution < 1.29 is 19.1 Å². The summed E-state index contributed by atoms with van der Waals surface area (Å²) in [5.74, 6) is 0.535. The molecule has 7 heteroatoms. The van der Waals surface area contributed by atoms with Gasteiger partial charge in [-0.2, -0.15) is 0 Å². The number of thioether (sulfide) groups is 1. The van der Waals surface area contributed by atoms with E-state index in [1.165, 1.54) is 11.8 Å². The summed E-state index contributed by atoms with van der Waals surface area (Å²) in [7, 11) is 3.12. The molecule has 1 aliphatic heterocycles. The average Bonchev–Trinajstić information content (AvgIpc) is 2.66. The quantitative estimate of drug-likeness (QED) is 0.790. The minimum absolute atomic E-state index is 0.282. The van der Waals surface area contributed by atoms with Gasteiger partial charge in [0.15, 0.2) is 16.2 Å². The number of hydrogen-bond acceptors (Lipinski definition) is 5. The van der Waals surface area contributed by atoms with Crippen LogP contribution >= 0.6 is 11.8 Å². The molecule has 1 atom stereocenters. The van der Waals surface area contributed by atoms with Crippen LogP contribution in [0, 0.1) is 0 Å². The number of anilines is 1. The molecule has 2 N–H and O–H groups in total. The van der Waals surface area contributed by atoms with Gasteiger partial charge in [0.1, 0.15) is 0 Å². The summed E-state index contributed by atoms with van der Waals surface area (Å²) in [4.78, 5) is 26.1. The van der Waals surface area contributed by atoms with Crippen LogP contribution in [0.4, 0.5) is 5.69 Å². The zero-order valence-electron chi connectivity index (χ0n) is 14.8. The number of benzene rings is 2. The Hall–Kier alpha value is -2.67. The standard InChI is InChI=1S/C19H20N2O4S/c1-19(18(23)21-13-6-4-5-7-16(13)26-19)17(22)20-11-12-8-9-14(24-2)15(10-12)25-3/h4-10H,11H2,1-3H3,(H,20,22)(H,21,23). The molecular weight excluding hydrogens is 352 g/mol. The predicted molar refractivity (Wildman–Crippen MR) is 101 cm³/mol. The van der Waals surface area contributed by atoms with Crippen molar-refractivity contribution in [3.63, 3.8) is 0 Å². The number of hydrogen-bond donors (Lipinski definition) is 2. The van der Waals surface area contributed by atoms with Crippen molar-refractivity contribution >= 4 is 29.3 Å². The van der Waals surface area contributed by atoms with E-state index in [2.05, 4.69) is 10.6 Å². The van der Waals surface area contributed by atoms with Gasteiger partial charge in [-0.3, -0.25) is 9.59 Å². The Morgan fingerprint density at radius 3 is 2.62 bits per heavy atom. The third kappa shape index (κ3) is 3.35. The molecule has 1 unspecified atom stereocenters. The van der Waals surface area contributed by atoms with Gasteiger partial charge >= 0.3 is 0 Å². The molecular formula is C19H20N2O4S. The Labute approximate surface area is 156 Å². The maximum atomic E-state index is 12.7. The van der Waals surface area contributed by atoms with Crippen molar-refractivity contribution in [2.75, 3.05) is 19.5 Å². The SMILES string of the molecule is COc1ccc(CNC(=O)C2(C)Sc3ccccc3NC2=O)cc1OC. The van der Waals surface area contributed by atoms with Gasteiger partial charge in [0.2, 0.25) is 11.8 Å². The second-order valence-corrected chi connectivity index (χ2v) is 7.42. The van der Waals surface area contributed by atoms with Gasteiger partial charge in [-0.05, 0) is 36.8 Å². The number of para-hydroxylation sites is 1. The van der Waals surface area contributed by atoms with Crippen LogP contribution in [0.1, 0.15) is 12.5 Å². The summed E-state index contributed by atoms with van der Waals surface area (Å²) in [6.45, 7) is 1.91. The van der Waals surface area contributed by atoms with Gasteiger partial charge in [-0.25, -0.2) is 0 Å². The molecule has 2 aromatic rings. The van der Waals surface area contributed by atoms with Crippen LogP contribution in [0.5, 0.6) is 11.5 Å². The van der Waals surface area contributed by atoms with Crippen molar-refractivity contribution in [2.24, 2.45) is 0 Å². The normalized spacial score (nSPS) is 18.5. The number of methoxy groups -OCH3 is 2.